The fourth-order valence-electron chi connectivity index (χ4n) is 1.99. The number of nitrogens with one attached hydrogen (secondary N) is 2. The Morgan fingerprint density at radius 2 is 2.20 bits per heavy atom. The first-order valence-corrected chi connectivity index (χ1v) is 6.22. The van der Waals surface area contributed by atoms with Gasteiger partial charge in [-0.05, 0) is 25.1 Å². The molecule has 0 unspecified atom stereocenters. The molecular formula is C14H13N5O. The second kappa shape index (κ2) is 5.08. The number of rotatable bonds is 3. The average molecular weight is 267 g/mol. The molecule has 2 heterocycles. The number of anilines is 1. The molecule has 2 aromatic heterocycles. The van der Waals surface area contributed by atoms with E-state index in [1.165, 1.54) is 11.9 Å². The van der Waals surface area contributed by atoms with Crippen molar-refractivity contribution in [2.24, 2.45) is 0 Å². The Hall–Kier alpha value is -2.76. The van der Waals surface area contributed by atoms with E-state index in [0.29, 0.717) is 5.95 Å². The summed E-state index contributed by atoms with van der Waals surface area (Å²) in [4.78, 5) is 20.1. The molecule has 1 aromatic carbocycles. The number of aromatic amines is 1. The molecule has 0 radical (unpaired) electrons. The van der Waals surface area contributed by atoms with Crippen molar-refractivity contribution in [3.8, 4) is 0 Å². The number of pyridine rings is 1. The number of amides is 1. The molecule has 3 rings (SSSR count). The average Bonchev–Trinajstić information content (AvgIpc) is 2.91. The van der Waals surface area contributed by atoms with E-state index in [4.69, 9.17) is 0 Å². The highest BCUT2D eigenvalue weighted by Crippen LogP contribution is 2.14. The summed E-state index contributed by atoms with van der Waals surface area (Å²) in [5.41, 5.74) is 2.80. The molecule has 1 amide bonds. The van der Waals surface area contributed by atoms with Gasteiger partial charge in [0.05, 0.1) is 17.6 Å². The minimum absolute atomic E-state index is 0.180. The number of fused-ring (bicyclic) bond motifs is 1. The van der Waals surface area contributed by atoms with Gasteiger partial charge in [-0.25, -0.2) is 5.10 Å². The molecule has 6 heteroatoms. The van der Waals surface area contributed by atoms with Gasteiger partial charge in [-0.2, -0.15) is 10.1 Å². The van der Waals surface area contributed by atoms with Crippen LogP contribution in [0.25, 0.3) is 10.9 Å². The van der Waals surface area contributed by atoms with Crippen LogP contribution in [0.1, 0.15) is 11.3 Å². The highest BCUT2D eigenvalue weighted by atomic mass is 16.1. The third-order valence-corrected chi connectivity index (χ3v) is 2.92. The topological polar surface area (TPSA) is 83.6 Å². The van der Waals surface area contributed by atoms with E-state index < -0.39 is 0 Å². The Labute approximate surface area is 115 Å². The molecular weight excluding hydrogens is 254 g/mol. The molecule has 20 heavy (non-hydrogen) atoms. The molecule has 3 aromatic rings. The molecule has 100 valence electrons. The maximum atomic E-state index is 11.8. The zero-order valence-electron chi connectivity index (χ0n) is 10.9. The van der Waals surface area contributed by atoms with E-state index in [1.54, 1.807) is 0 Å². The Morgan fingerprint density at radius 3 is 3.00 bits per heavy atom. The van der Waals surface area contributed by atoms with Crippen LogP contribution in [0, 0.1) is 6.92 Å². The number of benzene rings is 1. The molecule has 2 N–H and O–H groups in total. The van der Waals surface area contributed by atoms with E-state index in [9.17, 15) is 4.79 Å². The van der Waals surface area contributed by atoms with Gasteiger partial charge in [0.2, 0.25) is 11.9 Å². The smallest absolute Gasteiger partial charge is 0.232 e. The van der Waals surface area contributed by atoms with Gasteiger partial charge in [0.15, 0.2) is 0 Å². The zero-order chi connectivity index (χ0) is 13.9. The summed E-state index contributed by atoms with van der Waals surface area (Å²) in [6.07, 6.45) is 1.54. The standard InChI is InChI=1S/C14H13N5O/c1-9-2-5-12-10(6-9)3-4-11(17-12)7-13(20)18-14-15-8-16-19-14/h2-6,8H,7H2,1H3,(H2,15,16,18,19,20). The van der Waals surface area contributed by atoms with Crippen molar-refractivity contribution >= 4 is 22.8 Å². The fourth-order valence-corrected chi connectivity index (χ4v) is 1.99. The lowest BCUT2D eigenvalue weighted by atomic mass is 10.1. The van der Waals surface area contributed by atoms with Crippen molar-refractivity contribution in [3.05, 3.63) is 47.9 Å². The molecule has 0 aliphatic carbocycles. The molecule has 0 saturated heterocycles. The van der Waals surface area contributed by atoms with E-state index in [1.807, 2.05) is 31.2 Å². The number of carbonyl (C=O) groups is 1. The molecule has 0 spiro atoms. The third-order valence-electron chi connectivity index (χ3n) is 2.92. The van der Waals surface area contributed by atoms with Crippen LogP contribution in [-0.4, -0.2) is 26.1 Å². The number of H-pyrrole nitrogens is 1. The van der Waals surface area contributed by atoms with E-state index in [0.717, 1.165) is 16.6 Å². The van der Waals surface area contributed by atoms with Gasteiger partial charge in [-0.15, -0.1) is 0 Å². The van der Waals surface area contributed by atoms with Gasteiger partial charge in [-0.3, -0.25) is 15.1 Å². The summed E-state index contributed by atoms with van der Waals surface area (Å²) in [5, 5.41) is 9.93. The summed E-state index contributed by atoms with van der Waals surface area (Å²) in [5.74, 6) is 0.159. The van der Waals surface area contributed by atoms with Crippen molar-refractivity contribution in [2.75, 3.05) is 5.32 Å². The quantitative estimate of drug-likeness (QED) is 0.758. The second-order valence-electron chi connectivity index (χ2n) is 4.56. The normalized spacial score (nSPS) is 10.7. The number of aromatic nitrogens is 4. The monoisotopic (exact) mass is 267 g/mol. The Balaban J connectivity index is 1.77. The van der Waals surface area contributed by atoms with E-state index in [2.05, 4.69) is 31.5 Å². The van der Waals surface area contributed by atoms with E-state index in [-0.39, 0.29) is 12.3 Å². The number of aryl methyl sites for hydroxylation is 1. The maximum absolute atomic E-state index is 11.8. The second-order valence-corrected chi connectivity index (χ2v) is 4.56. The molecule has 0 bridgehead atoms. The van der Waals surface area contributed by atoms with Crippen molar-refractivity contribution in [3.63, 3.8) is 0 Å². The van der Waals surface area contributed by atoms with Gasteiger partial charge in [-0.1, -0.05) is 17.7 Å². The van der Waals surface area contributed by atoms with Crippen LogP contribution < -0.4 is 5.32 Å². The first-order chi connectivity index (χ1) is 9.70. The first-order valence-electron chi connectivity index (χ1n) is 6.22. The molecule has 0 aliphatic heterocycles. The van der Waals surface area contributed by atoms with Crippen molar-refractivity contribution < 1.29 is 4.79 Å². The molecule has 0 atom stereocenters. The number of hydrogen-bond donors (Lipinski definition) is 2. The SMILES string of the molecule is Cc1ccc2nc(CC(=O)Nc3ncn[nH]3)ccc2c1. The van der Waals surface area contributed by atoms with Crippen LogP contribution in [-0.2, 0) is 11.2 Å². The number of nitrogens with zero attached hydrogens (tertiary/aromatic N) is 3. The van der Waals surface area contributed by atoms with Gasteiger partial charge in [0, 0.05) is 5.39 Å². The molecule has 0 aliphatic rings. The minimum atomic E-state index is -0.180. The van der Waals surface area contributed by atoms with Crippen molar-refractivity contribution in [1.82, 2.24) is 20.2 Å². The van der Waals surface area contributed by atoms with Crippen molar-refractivity contribution in [2.45, 2.75) is 13.3 Å². The summed E-state index contributed by atoms with van der Waals surface area (Å²) in [7, 11) is 0. The highest BCUT2D eigenvalue weighted by Gasteiger charge is 2.07. The molecule has 0 fully saturated rings. The lowest BCUT2D eigenvalue weighted by Crippen LogP contribution is -2.16. The lowest BCUT2D eigenvalue weighted by Gasteiger charge is -2.04. The van der Waals surface area contributed by atoms with Crippen LogP contribution in [0.5, 0.6) is 0 Å². The van der Waals surface area contributed by atoms with Crippen LogP contribution in [0.2, 0.25) is 0 Å². The summed E-state index contributed by atoms with van der Waals surface area (Å²) in [6, 6.07) is 9.88. The van der Waals surface area contributed by atoms with Gasteiger partial charge < -0.3 is 0 Å². The van der Waals surface area contributed by atoms with Crippen molar-refractivity contribution in [1.29, 1.82) is 0 Å². The maximum Gasteiger partial charge on any atom is 0.232 e. The highest BCUT2D eigenvalue weighted by molar-refractivity contribution is 5.90. The van der Waals surface area contributed by atoms with E-state index >= 15 is 0 Å². The van der Waals surface area contributed by atoms with Crippen LogP contribution in [0.15, 0.2) is 36.7 Å². The Bertz CT molecular complexity index is 751. The number of hydrogen-bond acceptors (Lipinski definition) is 4. The van der Waals surface area contributed by atoms with Crippen LogP contribution in [0.3, 0.4) is 0 Å². The van der Waals surface area contributed by atoms with Gasteiger partial charge in [0.1, 0.15) is 6.33 Å². The molecule has 6 nitrogen and oxygen atoms in total. The predicted molar refractivity (Wildman–Crippen MR) is 75.2 cm³/mol. The molecule has 0 saturated carbocycles. The zero-order valence-corrected chi connectivity index (χ0v) is 10.9. The minimum Gasteiger partial charge on any atom is -0.295 e. The summed E-state index contributed by atoms with van der Waals surface area (Å²) >= 11 is 0. The Kier molecular flexibility index (Phi) is 3.12. The van der Waals surface area contributed by atoms with Gasteiger partial charge in [0.25, 0.3) is 0 Å². The van der Waals surface area contributed by atoms with Crippen LogP contribution in [0.4, 0.5) is 5.95 Å². The lowest BCUT2D eigenvalue weighted by molar-refractivity contribution is -0.115. The first kappa shape index (κ1) is 12.3. The summed E-state index contributed by atoms with van der Waals surface area (Å²) in [6.45, 7) is 2.04. The summed E-state index contributed by atoms with van der Waals surface area (Å²) < 4.78 is 0. The third kappa shape index (κ3) is 2.64. The Morgan fingerprint density at radius 1 is 1.30 bits per heavy atom. The largest absolute Gasteiger partial charge is 0.295 e. The fraction of sp³-hybridized carbons (Fsp3) is 0.143. The van der Waals surface area contributed by atoms with Gasteiger partial charge >= 0.3 is 0 Å². The predicted octanol–water partition coefficient (Wildman–Crippen LogP) is 1.84. The van der Waals surface area contributed by atoms with Crippen LogP contribution >= 0.6 is 0 Å². The number of carbonyl (C=O) groups excluding carboxylic acids is 1.